The second-order valence-electron chi connectivity index (χ2n) is 5.42. The van der Waals surface area contributed by atoms with Crippen LogP contribution in [0.15, 0.2) is 0 Å². The average molecular weight is 286 g/mol. The zero-order valence-electron chi connectivity index (χ0n) is 11.7. The molecule has 0 aromatic carbocycles. The van der Waals surface area contributed by atoms with Crippen LogP contribution in [0, 0.1) is 0 Å². The Morgan fingerprint density at radius 2 is 1.25 bits per heavy atom. The van der Waals surface area contributed by atoms with Crippen LogP contribution in [0.4, 0.5) is 9.59 Å². The Balaban J connectivity index is 1.59. The third kappa shape index (κ3) is 5.36. The van der Waals surface area contributed by atoms with Crippen molar-refractivity contribution in [3.05, 3.63) is 0 Å². The molecule has 0 amide bonds. The first-order valence-electron chi connectivity index (χ1n) is 7.50. The largest absolute Gasteiger partial charge is 0.550 e. The Morgan fingerprint density at radius 1 is 0.700 bits per heavy atom. The van der Waals surface area contributed by atoms with Gasteiger partial charge in [0.05, 0.1) is 0 Å². The number of ether oxygens (including phenoxy) is 2. The summed E-state index contributed by atoms with van der Waals surface area (Å²) in [7, 11) is 0. The van der Waals surface area contributed by atoms with Gasteiger partial charge in [0.2, 0.25) is 0 Å². The first-order chi connectivity index (χ1) is 9.74. The molecule has 114 valence electrons. The van der Waals surface area contributed by atoms with Crippen LogP contribution in [0.1, 0.15) is 64.2 Å². The fourth-order valence-corrected chi connectivity index (χ4v) is 2.70. The van der Waals surface area contributed by atoms with E-state index in [0.29, 0.717) is 0 Å². The number of rotatable bonds is 3. The highest BCUT2D eigenvalue weighted by Crippen LogP contribution is 2.21. The van der Waals surface area contributed by atoms with Crippen molar-refractivity contribution in [2.45, 2.75) is 76.4 Å². The van der Waals surface area contributed by atoms with Gasteiger partial charge in [-0.05, 0) is 38.5 Å². The van der Waals surface area contributed by atoms with E-state index >= 15 is 0 Å². The van der Waals surface area contributed by atoms with Crippen molar-refractivity contribution < 1.29 is 28.8 Å². The first kappa shape index (κ1) is 15.1. The molecule has 2 aliphatic carbocycles. The predicted molar refractivity (Wildman–Crippen MR) is 68.9 cm³/mol. The molecule has 0 aliphatic heterocycles. The lowest BCUT2D eigenvalue weighted by molar-refractivity contribution is -0.288. The summed E-state index contributed by atoms with van der Waals surface area (Å²) in [6.07, 6.45) is 7.49. The van der Waals surface area contributed by atoms with E-state index in [4.69, 9.17) is 9.62 Å². The highest BCUT2D eigenvalue weighted by atomic mass is 17.2. The van der Waals surface area contributed by atoms with E-state index in [1.807, 2.05) is 0 Å². The van der Waals surface area contributed by atoms with Gasteiger partial charge in [-0.1, -0.05) is 25.7 Å². The summed E-state index contributed by atoms with van der Waals surface area (Å²) in [5.41, 5.74) is 0. The summed E-state index contributed by atoms with van der Waals surface area (Å²) in [6.45, 7) is 0. The van der Waals surface area contributed by atoms with E-state index in [-0.39, 0.29) is 12.2 Å². The van der Waals surface area contributed by atoms with E-state index in [1.54, 1.807) is 0 Å². The summed E-state index contributed by atoms with van der Waals surface area (Å²) in [5, 5.41) is 0. The van der Waals surface area contributed by atoms with Crippen LogP contribution in [-0.4, -0.2) is 24.5 Å². The molecule has 0 atom stereocenters. The second-order valence-corrected chi connectivity index (χ2v) is 5.42. The van der Waals surface area contributed by atoms with Gasteiger partial charge < -0.3 is 9.47 Å². The SMILES string of the molecule is O=C(OOC1CCCCC1)OC(=O)OC1CCCCC1. The van der Waals surface area contributed by atoms with Crippen molar-refractivity contribution >= 4 is 12.3 Å². The summed E-state index contributed by atoms with van der Waals surface area (Å²) in [6, 6.07) is 0. The molecule has 6 nitrogen and oxygen atoms in total. The Bertz CT molecular complexity index is 318. The Labute approximate surface area is 118 Å². The molecular weight excluding hydrogens is 264 g/mol. The monoisotopic (exact) mass is 286 g/mol. The summed E-state index contributed by atoms with van der Waals surface area (Å²) in [4.78, 5) is 32.1. The Morgan fingerprint density at radius 3 is 1.85 bits per heavy atom. The smallest absolute Gasteiger partial charge is 0.431 e. The van der Waals surface area contributed by atoms with Crippen LogP contribution in [0.5, 0.6) is 0 Å². The highest BCUT2D eigenvalue weighted by molar-refractivity contribution is 5.76. The standard InChI is InChI=1S/C14H22O6/c15-13(17-11-7-3-1-4-8-11)18-14(16)20-19-12-9-5-2-6-10-12/h11-12H,1-10H2. The molecule has 2 saturated carbocycles. The maximum absolute atomic E-state index is 11.4. The van der Waals surface area contributed by atoms with E-state index < -0.39 is 12.3 Å². The third-order valence-electron chi connectivity index (χ3n) is 3.79. The van der Waals surface area contributed by atoms with Gasteiger partial charge in [-0.15, -0.1) is 0 Å². The maximum atomic E-state index is 11.4. The van der Waals surface area contributed by atoms with E-state index in [9.17, 15) is 9.59 Å². The molecule has 2 aliphatic rings. The van der Waals surface area contributed by atoms with Crippen molar-refractivity contribution in [1.29, 1.82) is 0 Å². The molecule has 0 saturated heterocycles. The maximum Gasteiger partial charge on any atom is 0.550 e. The zero-order chi connectivity index (χ0) is 14.2. The van der Waals surface area contributed by atoms with Crippen LogP contribution in [0.3, 0.4) is 0 Å². The van der Waals surface area contributed by atoms with Crippen molar-refractivity contribution in [2.75, 3.05) is 0 Å². The van der Waals surface area contributed by atoms with Gasteiger partial charge in [0.1, 0.15) is 12.2 Å². The van der Waals surface area contributed by atoms with Crippen molar-refractivity contribution in [3.8, 4) is 0 Å². The van der Waals surface area contributed by atoms with Gasteiger partial charge in [-0.2, -0.15) is 4.89 Å². The molecule has 0 N–H and O–H groups in total. The summed E-state index contributed by atoms with van der Waals surface area (Å²) < 4.78 is 9.43. The number of hydrogen-bond acceptors (Lipinski definition) is 6. The van der Waals surface area contributed by atoms with Crippen LogP contribution in [0.25, 0.3) is 0 Å². The molecule has 0 aromatic heterocycles. The lowest BCUT2D eigenvalue weighted by Crippen LogP contribution is -2.25. The Hall–Kier alpha value is -1.30. The molecule has 20 heavy (non-hydrogen) atoms. The minimum Gasteiger partial charge on any atom is -0.431 e. The molecule has 0 unspecified atom stereocenters. The number of carbonyl (C=O) groups is 2. The molecule has 2 rings (SSSR count). The summed E-state index contributed by atoms with van der Waals surface area (Å²) in [5.74, 6) is 0. The molecular formula is C14H22O6. The molecule has 0 radical (unpaired) electrons. The average Bonchev–Trinajstić information content (AvgIpc) is 2.47. The molecule has 0 aromatic rings. The quantitative estimate of drug-likeness (QED) is 0.339. The fraction of sp³-hybridized carbons (Fsp3) is 0.857. The molecule has 0 spiro atoms. The van der Waals surface area contributed by atoms with Gasteiger partial charge in [0.15, 0.2) is 0 Å². The first-order valence-corrected chi connectivity index (χ1v) is 7.50. The summed E-state index contributed by atoms with van der Waals surface area (Å²) >= 11 is 0. The highest BCUT2D eigenvalue weighted by Gasteiger charge is 2.23. The van der Waals surface area contributed by atoms with Gasteiger partial charge in [-0.3, -0.25) is 4.89 Å². The van der Waals surface area contributed by atoms with Gasteiger partial charge in [0.25, 0.3) is 0 Å². The minimum atomic E-state index is -1.16. The molecule has 0 bridgehead atoms. The van der Waals surface area contributed by atoms with Gasteiger partial charge >= 0.3 is 12.3 Å². The van der Waals surface area contributed by atoms with Gasteiger partial charge in [0, 0.05) is 0 Å². The second kappa shape index (κ2) is 8.09. The number of carbonyl (C=O) groups excluding carboxylic acids is 2. The van der Waals surface area contributed by atoms with Crippen LogP contribution in [0.2, 0.25) is 0 Å². The number of hydrogen-bond donors (Lipinski definition) is 0. The lowest BCUT2D eigenvalue weighted by atomic mass is 9.98. The van der Waals surface area contributed by atoms with E-state index in [2.05, 4.69) is 9.62 Å². The third-order valence-corrected chi connectivity index (χ3v) is 3.79. The normalized spacial score (nSPS) is 21.2. The molecule has 2 fully saturated rings. The van der Waals surface area contributed by atoms with Crippen LogP contribution >= 0.6 is 0 Å². The van der Waals surface area contributed by atoms with E-state index in [0.717, 1.165) is 57.8 Å². The van der Waals surface area contributed by atoms with Crippen LogP contribution in [-0.2, 0) is 19.2 Å². The van der Waals surface area contributed by atoms with Gasteiger partial charge in [-0.25, -0.2) is 9.59 Å². The fourth-order valence-electron chi connectivity index (χ4n) is 2.70. The lowest BCUT2D eigenvalue weighted by Gasteiger charge is -2.21. The van der Waals surface area contributed by atoms with Crippen molar-refractivity contribution in [2.24, 2.45) is 0 Å². The molecule has 6 heteroatoms. The molecule has 0 heterocycles. The van der Waals surface area contributed by atoms with Crippen molar-refractivity contribution in [1.82, 2.24) is 0 Å². The Kier molecular flexibility index (Phi) is 6.11. The predicted octanol–water partition coefficient (Wildman–Crippen LogP) is 3.87. The van der Waals surface area contributed by atoms with Crippen molar-refractivity contribution in [3.63, 3.8) is 0 Å². The zero-order valence-corrected chi connectivity index (χ0v) is 11.7. The van der Waals surface area contributed by atoms with E-state index in [1.165, 1.54) is 6.42 Å². The topological polar surface area (TPSA) is 71.1 Å². The van der Waals surface area contributed by atoms with Crippen LogP contribution < -0.4 is 0 Å². The minimum absolute atomic E-state index is 0.0920.